The number of benzene rings is 1. The van der Waals surface area contributed by atoms with Crippen molar-refractivity contribution in [3.8, 4) is 0 Å². The van der Waals surface area contributed by atoms with Gasteiger partial charge in [0.25, 0.3) is 5.91 Å². The van der Waals surface area contributed by atoms with Gasteiger partial charge in [-0.3, -0.25) is 4.79 Å². The second-order valence-corrected chi connectivity index (χ2v) is 5.14. The lowest BCUT2D eigenvalue weighted by atomic mass is 10.1. The molecular formula is C14H22N2OS. The zero-order valence-corrected chi connectivity index (χ0v) is 12.0. The molecule has 1 rings (SSSR count). The molecule has 0 saturated heterocycles. The summed E-state index contributed by atoms with van der Waals surface area (Å²) in [6, 6.07) is 7.73. The zero-order valence-electron chi connectivity index (χ0n) is 11.2. The van der Waals surface area contributed by atoms with Crippen LogP contribution in [0.5, 0.6) is 0 Å². The molecule has 4 heteroatoms. The first-order valence-corrected chi connectivity index (χ1v) is 7.68. The predicted octanol–water partition coefficient (Wildman–Crippen LogP) is 2.28. The van der Waals surface area contributed by atoms with Gasteiger partial charge in [0.2, 0.25) is 0 Å². The molecule has 0 atom stereocenters. The van der Waals surface area contributed by atoms with Gasteiger partial charge < -0.3 is 10.6 Å². The van der Waals surface area contributed by atoms with Gasteiger partial charge in [0.05, 0.1) is 0 Å². The average Bonchev–Trinajstić information content (AvgIpc) is 2.42. The van der Waals surface area contributed by atoms with Crippen LogP contribution in [-0.2, 0) is 6.54 Å². The van der Waals surface area contributed by atoms with Crippen molar-refractivity contribution in [3.63, 3.8) is 0 Å². The van der Waals surface area contributed by atoms with Crippen LogP contribution in [0.4, 0.5) is 0 Å². The molecule has 0 aliphatic carbocycles. The summed E-state index contributed by atoms with van der Waals surface area (Å²) in [4.78, 5) is 11.4. The highest BCUT2D eigenvalue weighted by Gasteiger charge is 2.01. The highest BCUT2D eigenvalue weighted by molar-refractivity contribution is 7.98. The summed E-state index contributed by atoms with van der Waals surface area (Å²) in [6.45, 7) is 1.92. The van der Waals surface area contributed by atoms with Gasteiger partial charge in [-0.15, -0.1) is 0 Å². The van der Waals surface area contributed by atoms with Crippen molar-refractivity contribution in [1.82, 2.24) is 10.6 Å². The highest BCUT2D eigenvalue weighted by atomic mass is 32.2. The molecule has 1 aromatic rings. The number of unbranched alkanes of at least 4 members (excludes halogenated alkanes) is 1. The molecular weight excluding hydrogens is 244 g/mol. The number of nitrogens with one attached hydrogen (secondary N) is 2. The summed E-state index contributed by atoms with van der Waals surface area (Å²) in [5.41, 5.74) is 1.92. The van der Waals surface area contributed by atoms with Gasteiger partial charge in [0.15, 0.2) is 0 Å². The molecule has 1 aromatic carbocycles. The number of hydrogen-bond donors (Lipinski definition) is 2. The number of carbonyl (C=O) groups is 1. The number of rotatable bonds is 8. The standard InChI is InChI=1S/C14H22N2OS/c1-15-14(17)13-7-5-12(6-8-13)11-16-9-3-4-10-18-2/h5-8,16H,3-4,9-11H2,1-2H3,(H,15,17). The van der Waals surface area contributed by atoms with Crippen molar-refractivity contribution in [3.05, 3.63) is 35.4 Å². The molecule has 0 radical (unpaired) electrons. The van der Waals surface area contributed by atoms with Crippen molar-refractivity contribution in [2.24, 2.45) is 0 Å². The van der Waals surface area contributed by atoms with Crippen LogP contribution in [0.1, 0.15) is 28.8 Å². The van der Waals surface area contributed by atoms with Gasteiger partial charge >= 0.3 is 0 Å². The van der Waals surface area contributed by atoms with Gasteiger partial charge in [-0.1, -0.05) is 12.1 Å². The van der Waals surface area contributed by atoms with Gasteiger partial charge in [-0.05, 0) is 49.1 Å². The van der Waals surface area contributed by atoms with Crippen molar-refractivity contribution in [2.75, 3.05) is 25.6 Å². The summed E-state index contributed by atoms with van der Waals surface area (Å²) < 4.78 is 0. The molecule has 0 heterocycles. The lowest BCUT2D eigenvalue weighted by molar-refractivity contribution is 0.0963. The lowest BCUT2D eigenvalue weighted by Crippen LogP contribution is -2.18. The minimum atomic E-state index is -0.0356. The van der Waals surface area contributed by atoms with E-state index < -0.39 is 0 Å². The fraction of sp³-hybridized carbons (Fsp3) is 0.500. The van der Waals surface area contributed by atoms with E-state index in [1.807, 2.05) is 36.0 Å². The molecule has 2 N–H and O–H groups in total. The Hall–Kier alpha value is -1.00. The third-order valence-electron chi connectivity index (χ3n) is 2.72. The normalized spacial score (nSPS) is 10.3. The van der Waals surface area contributed by atoms with E-state index in [9.17, 15) is 4.79 Å². The van der Waals surface area contributed by atoms with E-state index in [4.69, 9.17) is 0 Å². The summed E-state index contributed by atoms with van der Waals surface area (Å²) in [7, 11) is 1.65. The Kier molecular flexibility index (Phi) is 7.53. The molecule has 18 heavy (non-hydrogen) atoms. The Morgan fingerprint density at radius 1 is 1.22 bits per heavy atom. The molecule has 0 spiro atoms. The fourth-order valence-corrected chi connectivity index (χ4v) is 2.14. The van der Waals surface area contributed by atoms with Crippen molar-refractivity contribution in [1.29, 1.82) is 0 Å². The smallest absolute Gasteiger partial charge is 0.251 e. The maximum Gasteiger partial charge on any atom is 0.251 e. The molecule has 0 bridgehead atoms. The summed E-state index contributed by atoms with van der Waals surface area (Å²) in [6.07, 6.45) is 4.63. The third-order valence-corrected chi connectivity index (χ3v) is 3.42. The first kappa shape index (κ1) is 15.1. The van der Waals surface area contributed by atoms with Crippen LogP contribution in [0.25, 0.3) is 0 Å². The highest BCUT2D eigenvalue weighted by Crippen LogP contribution is 2.04. The van der Waals surface area contributed by atoms with Crippen LogP contribution in [0.2, 0.25) is 0 Å². The topological polar surface area (TPSA) is 41.1 Å². The Balaban J connectivity index is 2.25. The SMILES string of the molecule is CNC(=O)c1ccc(CNCCCCSC)cc1. The fourth-order valence-electron chi connectivity index (χ4n) is 1.65. The van der Waals surface area contributed by atoms with E-state index in [-0.39, 0.29) is 5.91 Å². The van der Waals surface area contributed by atoms with Crippen LogP contribution in [0.15, 0.2) is 24.3 Å². The zero-order chi connectivity index (χ0) is 13.2. The first-order chi connectivity index (χ1) is 8.77. The van der Waals surface area contributed by atoms with E-state index in [2.05, 4.69) is 16.9 Å². The van der Waals surface area contributed by atoms with Crippen LogP contribution in [0.3, 0.4) is 0 Å². The third kappa shape index (κ3) is 5.56. The van der Waals surface area contributed by atoms with Crippen molar-refractivity contribution < 1.29 is 4.79 Å². The molecule has 1 amide bonds. The maximum absolute atomic E-state index is 11.4. The number of thioether (sulfide) groups is 1. The van der Waals surface area contributed by atoms with Gasteiger partial charge in [-0.25, -0.2) is 0 Å². The molecule has 0 aliphatic heterocycles. The largest absolute Gasteiger partial charge is 0.355 e. The Morgan fingerprint density at radius 2 is 1.94 bits per heavy atom. The average molecular weight is 266 g/mol. The first-order valence-electron chi connectivity index (χ1n) is 6.28. The molecule has 0 saturated carbocycles. The van der Waals surface area contributed by atoms with Crippen LogP contribution in [-0.4, -0.2) is 31.5 Å². The molecule has 100 valence electrons. The Labute approximate surface area is 114 Å². The molecule has 0 fully saturated rings. The van der Waals surface area contributed by atoms with Crippen LogP contribution in [0, 0.1) is 0 Å². The van der Waals surface area contributed by atoms with Gasteiger partial charge in [0, 0.05) is 19.2 Å². The quantitative estimate of drug-likeness (QED) is 0.709. The second kappa shape index (κ2) is 9.00. The van der Waals surface area contributed by atoms with Crippen LogP contribution < -0.4 is 10.6 Å². The predicted molar refractivity (Wildman–Crippen MR) is 79.2 cm³/mol. The van der Waals surface area contributed by atoms with Crippen molar-refractivity contribution in [2.45, 2.75) is 19.4 Å². The Bertz CT molecular complexity index is 351. The molecule has 3 nitrogen and oxygen atoms in total. The number of hydrogen-bond acceptors (Lipinski definition) is 3. The van der Waals surface area contributed by atoms with Crippen molar-refractivity contribution >= 4 is 17.7 Å². The summed E-state index contributed by atoms with van der Waals surface area (Å²) >= 11 is 1.90. The minimum Gasteiger partial charge on any atom is -0.355 e. The number of carbonyl (C=O) groups excluding carboxylic acids is 1. The van der Waals surface area contributed by atoms with E-state index in [1.54, 1.807) is 7.05 Å². The van der Waals surface area contributed by atoms with E-state index in [1.165, 1.54) is 24.2 Å². The minimum absolute atomic E-state index is 0.0356. The monoisotopic (exact) mass is 266 g/mol. The summed E-state index contributed by atoms with van der Waals surface area (Å²) in [5.74, 6) is 1.20. The van der Waals surface area contributed by atoms with E-state index >= 15 is 0 Å². The maximum atomic E-state index is 11.4. The molecule has 0 aliphatic rings. The van der Waals surface area contributed by atoms with Crippen LogP contribution >= 0.6 is 11.8 Å². The molecule has 0 aromatic heterocycles. The van der Waals surface area contributed by atoms with E-state index in [0.29, 0.717) is 5.56 Å². The summed E-state index contributed by atoms with van der Waals surface area (Å²) in [5, 5.41) is 6.03. The lowest BCUT2D eigenvalue weighted by Gasteiger charge is -2.05. The van der Waals surface area contributed by atoms with Gasteiger partial charge in [-0.2, -0.15) is 11.8 Å². The van der Waals surface area contributed by atoms with Gasteiger partial charge in [0.1, 0.15) is 0 Å². The second-order valence-electron chi connectivity index (χ2n) is 4.15. The van der Waals surface area contributed by atoms with E-state index in [0.717, 1.165) is 13.1 Å². The number of amides is 1. The Morgan fingerprint density at radius 3 is 2.56 bits per heavy atom. The molecule has 0 unspecified atom stereocenters.